The summed E-state index contributed by atoms with van der Waals surface area (Å²) in [6.07, 6.45) is 1.85. The SMILES string of the molecule is CC(C)Oc1ccccc1Nc1ccnc(NC(C)(C)C)n1. The molecule has 0 aliphatic carbocycles. The Labute approximate surface area is 132 Å². The number of rotatable bonds is 5. The molecule has 2 rings (SSSR count). The van der Waals surface area contributed by atoms with Gasteiger partial charge >= 0.3 is 0 Å². The summed E-state index contributed by atoms with van der Waals surface area (Å²) >= 11 is 0. The molecule has 0 unspecified atom stereocenters. The van der Waals surface area contributed by atoms with Gasteiger partial charge < -0.3 is 15.4 Å². The van der Waals surface area contributed by atoms with Crippen LogP contribution in [0.15, 0.2) is 36.5 Å². The summed E-state index contributed by atoms with van der Waals surface area (Å²) in [5.41, 5.74) is 0.800. The lowest BCUT2D eigenvalue weighted by Crippen LogP contribution is -2.27. The molecule has 0 aliphatic rings. The highest BCUT2D eigenvalue weighted by molar-refractivity contribution is 5.64. The Hall–Kier alpha value is -2.30. The van der Waals surface area contributed by atoms with Gasteiger partial charge in [-0.1, -0.05) is 12.1 Å². The van der Waals surface area contributed by atoms with Crippen LogP contribution < -0.4 is 15.4 Å². The van der Waals surface area contributed by atoms with Crippen LogP contribution in [0.4, 0.5) is 17.5 Å². The van der Waals surface area contributed by atoms with E-state index >= 15 is 0 Å². The van der Waals surface area contributed by atoms with E-state index in [-0.39, 0.29) is 11.6 Å². The highest BCUT2D eigenvalue weighted by Crippen LogP contribution is 2.27. The van der Waals surface area contributed by atoms with Crippen molar-refractivity contribution in [2.24, 2.45) is 0 Å². The summed E-state index contributed by atoms with van der Waals surface area (Å²) in [6.45, 7) is 10.2. The molecule has 1 aromatic heterocycles. The molecule has 118 valence electrons. The number of hydrogen-bond donors (Lipinski definition) is 2. The van der Waals surface area contributed by atoms with Crippen LogP contribution in [0.5, 0.6) is 5.75 Å². The van der Waals surface area contributed by atoms with Crippen LogP contribution in [0.25, 0.3) is 0 Å². The van der Waals surface area contributed by atoms with Gasteiger partial charge in [0.2, 0.25) is 5.95 Å². The van der Waals surface area contributed by atoms with Crippen LogP contribution in [-0.4, -0.2) is 21.6 Å². The van der Waals surface area contributed by atoms with Gasteiger partial charge in [0.25, 0.3) is 0 Å². The highest BCUT2D eigenvalue weighted by atomic mass is 16.5. The Kier molecular flexibility index (Phi) is 4.85. The Morgan fingerprint density at radius 1 is 1.09 bits per heavy atom. The smallest absolute Gasteiger partial charge is 0.225 e. The molecule has 0 saturated heterocycles. The van der Waals surface area contributed by atoms with Crippen LogP contribution in [0.3, 0.4) is 0 Å². The fraction of sp³-hybridized carbons (Fsp3) is 0.412. The maximum atomic E-state index is 5.81. The van der Waals surface area contributed by atoms with E-state index in [1.54, 1.807) is 6.20 Å². The first-order valence-corrected chi connectivity index (χ1v) is 7.47. The van der Waals surface area contributed by atoms with Crippen molar-refractivity contribution >= 4 is 17.5 Å². The fourth-order valence-corrected chi connectivity index (χ4v) is 1.89. The van der Waals surface area contributed by atoms with Crippen LogP contribution >= 0.6 is 0 Å². The zero-order valence-electron chi connectivity index (χ0n) is 13.8. The van der Waals surface area contributed by atoms with E-state index in [0.717, 1.165) is 17.3 Å². The first-order valence-electron chi connectivity index (χ1n) is 7.47. The largest absolute Gasteiger partial charge is 0.489 e. The van der Waals surface area contributed by atoms with Gasteiger partial charge in [0.1, 0.15) is 11.6 Å². The van der Waals surface area contributed by atoms with Crippen LogP contribution in [0.2, 0.25) is 0 Å². The Morgan fingerprint density at radius 3 is 2.50 bits per heavy atom. The molecule has 0 amide bonds. The van der Waals surface area contributed by atoms with Gasteiger partial charge in [0.05, 0.1) is 11.8 Å². The average Bonchev–Trinajstić information content (AvgIpc) is 2.39. The minimum Gasteiger partial charge on any atom is -0.489 e. The van der Waals surface area contributed by atoms with Gasteiger partial charge in [0, 0.05) is 11.7 Å². The zero-order chi connectivity index (χ0) is 16.2. The molecule has 0 aliphatic heterocycles. The number of anilines is 3. The van der Waals surface area contributed by atoms with Crippen molar-refractivity contribution in [2.75, 3.05) is 10.6 Å². The number of hydrogen-bond acceptors (Lipinski definition) is 5. The fourth-order valence-electron chi connectivity index (χ4n) is 1.89. The molecule has 5 nitrogen and oxygen atoms in total. The van der Waals surface area contributed by atoms with Crippen molar-refractivity contribution in [2.45, 2.75) is 46.3 Å². The van der Waals surface area contributed by atoms with Gasteiger partial charge in [-0.3, -0.25) is 0 Å². The van der Waals surface area contributed by atoms with Gasteiger partial charge in [-0.25, -0.2) is 4.98 Å². The molecule has 0 radical (unpaired) electrons. The molecule has 2 N–H and O–H groups in total. The lowest BCUT2D eigenvalue weighted by atomic mass is 10.1. The summed E-state index contributed by atoms with van der Waals surface area (Å²) in [5, 5.41) is 6.55. The average molecular weight is 300 g/mol. The van der Waals surface area contributed by atoms with E-state index < -0.39 is 0 Å². The predicted octanol–water partition coefficient (Wildman–Crippen LogP) is 4.22. The number of ether oxygens (including phenoxy) is 1. The zero-order valence-corrected chi connectivity index (χ0v) is 13.8. The normalized spacial score (nSPS) is 11.4. The maximum Gasteiger partial charge on any atom is 0.225 e. The molecule has 1 aromatic carbocycles. The summed E-state index contributed by atoms with van der Waals surface area (Å²) in [5.74, 6) is 2.13. The van der Waals surface area contributed by atoms with E-state index in [4.69, 9.17) is 4.74 Å². The van der Waals surface area contributed by atoms with E-state index in [2.05, 4.69) is 41.4 Å². The molecule has 0 spiro atoms. The van der Waals surface area contributed by atoms with Gasteiger partial charge in [-0.05, 0) is 52.8 Å². The Bertz CT molecular complexity index is 620. The van der Waals surface area contributed by atoms with E-state index in [9.17, 15) is 0 Å². The second kappa shape index (κ2) is 6.64. The number of nitrogens with zero attached hydrogens (tertiary/aromatic N) is 2. The van der Waals surface area contributed by atoms with Crippen molar-refractivity contribution < 1.29 is 4.74 Å². The second-order valence-electron chi connectivity index (χ2n) is 6.43. The number of para-hydroxylation sites is 2. The van der Waals surface area contributed by atoms with Crippen molar-refractivity contribution in [3.05, 3.63) is 36.5 Å². The maximum absolute atomic E-state index is 5.81. The van der Waals surface area contributed by atoms with Gasteiger partial charge in [-0.15, -0.1) is 0 Å². The number of aromatic nitrogens is 2. The summed E-state index contributed by atoms with van der Waals surface area (Å²) < 4.78 is 5.81. The molecule has 0 atom stereocenters. The minimum atomic E-state index is -0.0860. The standard InChI is InChI=1S/C17H24N4O/c1-12(2)22-14-9-7-6-8-13(14)19-15-10-11-18-16(20-15)21-17(3,4)5/h6-12H,1-5H3,(H2,18,19,20,21). The molecule has 0 bridgehead atoms. The first-order chi connectivity index (χ1) is 10.3. The van der Waals surface area contributed by atoms with Crippen LogP contribution in [-0.2, 0) is 0 Å². The van der Waals surface area contributed by atoms with Crippen molar-refractivity contribution in [1.29, 1.82) is 0 Å². The molecular weight excluding hydrogens is 276 g/mol. The highest BCUT2D eigenvalue weighted by Gasteiger charge is 2.12. The second-order valence-corrected chi connectivity index (χ2v) is 6.43. The molecule has 0 saturated carbocycles. The van der Waals surface area contributed by atoms with E-state index in [0.29, 0.717) is 5.95 Å². The molecule has 0 fully saturated rings. The van der Waals surface area contributed by atoms with Crippen molar-refractivity contribution in [3.63, 3.8) is 0 Å². The van der Waals surface area contributed by atoms with E-state index in [1.807, 2.05) is 44.2 Å². The Morgan fingerprint density at radius 2 is 1.82 bits per heavy atom. The van der Waals surface area contributed by atoms with Crippen LogP contribution in [0.1, 0.15) is 34.6 Å². The molecule has 22 heavy (non-hydrogen) atoms. The topological polar surface area (TPSA) is 59.1 Å². The summed E-state index contributed by atoms with van der Waals surface area (Å²) in [6, 6.07) is 9.66. The van der Waals surface area contributed by atoms with Crippen LogP contribution in [0, 0.1) is 0 Å². The quantitative estimate of drug-likeness (QED) is 0.866. The number of benzene rings is 1. The number of nitrogens with one attached hydrogen (secondary N) is 2. The minimum absolute atomic E-state index is 0.0860. The molecule has 5 heteroatoms. The third-order valence-electron chi connectivity index (χ3n) is 2.65. The molecule has 2 aromatic rings. The summed E-state index contributed by atoms with van der Waals surface area (Å²) in [7, 11) is 0. The predicted molar refractivity (Wildman–Crippen MR) is 90.9 cm³/mol. The monoisotopic (exact) mass is 300 g/mol. The Balaban J connectivity index is 2.19. The lowest BCUT2D eigenvalue weighted by Gasteiger charge is -2.20. The van der Waals surface area contributed by atoms with E-state index in [1.165, 1.54) is 0 Å². The third-order valence-corrected chi connectivity index (χ3v) is 2.65. The van der Waals surface area contributed by atoms with Crippen molar-refractivity contribution in [3.8, 4) is 5.75 Å². The van der Waals surface area contributed by atoms with Gasteiger partial charge in [-0.2, -0.15) is 4.98 Å². The van der Waals surface area contributed by atoms with Gasteiger partial charge in [0.15, 0.2) is 0 Å². The van der Waals surface area contributed by atoms with Crippen molar-refractivity contribution in [1.82, 2.24) is 9.97 Å². The first kappa shape index (κ1) is 16.1. The third kappa shape index (κ3) is 4.91. The summed E-state index contributed by atoms with van der Waals surface area (Å²) in [4.78, 5) is 8.73. The molecular formula is C17H24N4O. The molecule has 1 heterocycles. The lowest BCUT2D eigenvalue weighted by molar-refractivity contribution is 0.244.